The molecule has 0 aliphatic rings. The minimum atomic E-state index is 0.253. The van der Waals surface area contributed by atoms with Crippen molar-refractivity contribution >= 4 is 11.7 Å². The molecule has 5 nitrogen and oxygen atoms in total. The van der Waals surface area contributed by atoms with Crippen LogP contribution >= 0.6 is 0 Å². The molecule has 3 rings (SSSR count). The second-order valence-corrected chi connectivity index (χ2v) is 5.42. The van der Waals surface area contributed by atoms with Crippen LogP contribution in [0.5, 0.6) is 5.75 Å². The van der Waals surface area contributed by atoms with Gasteiger partial charge in [0.1, 0.15) is 11.5 Å². The normalized spacial score (nSPS) is 10.7. The largest absolute Gasteiger partial charge is 0.457 e. The molecule has 0 unspecified atom stereocenters. The summed E-state index contributed by atoms with van der Waals surface area (Å²) in [5.74, 6) is 1.79. The Balaban J connectivity index is 0.00000126. The summed E-state index contributed by atoms with van der Waals surface area (Å²) in [6.07, 6.45) is 3.66. The number of hydrogen-bond acceptors (Lipinski definition) is 5. The quantitative estimate of drug-likeness (QED) is 0.636. The van der Waals surface area contributed by atoms with Crippen LogP contribution in [0.1, 0.15) is 19.4 Å². The first-order chi connectivity index (χ1) is 13.3. The number of nitrogens with zero attached hydrogens (tertiary/aromatic N) is 2. The lowest BCUT2D eigenvalue weighted by Gasteiger charge is -2.12. The van der Waals surface area contributed by atoms with Crippen molar-refractivity contribution in [1.29, 1.82) is 0 Å². The number of nitrogens with two attached hydrogens (primary N) is 1. The average Bonchev–Trinajstić information content (AvgIpc) is 2.73. The summed E-state index contributed by atoms with van der Waals surface area (Å²) in [4.78, 5) is 8.19. The van der Waals surface area contributed by atoms with Crippen LogP contribution in [0.3, 0.4) is 0 Å². The Morgan fingerprint density at radius 2 is 1.85 bits per heavy atom. The molecule has 0 fully saturated rings. The van der Waals surface area contributed by atoms with Crippen LogP contribution in [0.15, 0.2) is 72.9 Å². The highest BCUT2D eigenvalue weighted by molar-refractivity contribution is 5.65. The first-order valence-corrected chi connectivity index (χ1v) is 9.03. The highest BCUT2D eigenvalue weighted by Crippen LogP contribution is 2.26. The van der Waals surface area contributed by atoms with E-state index in [9.17, 15) is 0 Å². The fourth-order valence-electron chi connectivity index (χ4n) is 2.40. The zero-order valence-corrected chi connectivity index (χ0v) is 16.0. The molecule has 0 aliphatic heterocycles. The van der Waals surface area contributed by atoms with Crippen molar-refractivity contribution in [2.24, 2.45) is 0 Å². The zero-order valence-electron chi connectivity index (χ0n) is 16.0. The van der Waals surface area contributed by atoms with E-state index < -0.39 is 0 Å². The number of nitrogen functional groups attached to an aromatic ring is 1. The number of hydrogen-bond donors (Lipinski definition) is 2. The van der Waals surface area contributed by atoms with Crippen molar-refractivity contribution in [3.8, 4) is 17.0 Å². The van der Waals surface area contributed by atoms with Gasteiger partial charge in [-0.3, -0.25) is 0 Å². The van der Waals surface area contributed by atoms with E-state index in [1.54, 1.807) is 6.20 Å². The SMILES string of the molecule is CC.CNC/C=C(/Oc1cccc(-c2ccnc(N)n2)c1)c1ccccc1. The lowest BCUT2D eigenvalue weighted by molar-refractivity contribution is 0.513. The molecule has 2 aromatic carbocycles. The molecule has 0 saturated heterocycles. The van der Waals surface area contributed by atoms with Gasteiger partial charge >= 0.3 is 0 Å². The van der Waals surface area contributed by atoms with Gasteiger partial charge in [0.05, 0.1) is 5.69 Å². The Labute approximate surface area is 160 Å². The van der Waals surface area contributed by atoms with Crippen molar-refractivity contribution < 1.29 is 4.74 Å². The molecule has 1 heterocycles. The number of rotatable bonds is 6. The topological polar surface area (TPSA) is 73.1 Å². The van der Waals surface area contributed by atoms with Crippen molar-refractivity contribution in [1.82, 2.24) is 15.3 Å². The van der Waals surface area contributed by atoms with Gasteiger partial charge in [0.15, 0.2) is 0 Å². The van der Waals surface area contributed by atoms with Gasteiger partial charge in [-0.15, -0.1) is 0 Å². The summed E-state index contributed by atoms with van der Waals surface area (Å²) >= 11 is 0. The highest BCUT2D eigenvalue weighted by atomic mass is 16.5. The second-order valence-electron chi connectivity index (χ2n) is 5.42. The van der Waals surface area contributed by atoms with Crippen molar-refractivity contribution in [3.63, 3.8) is 0 Å². The van der Waals surface area contributed by atoms with Gasteiger partial charge in [-0.2, -0.15) is 0 Å². The fourth-order valence-corrected chi connectivity index (χ4v) is 2.40. The van der Waals surface area contributed by atoms with Gasteiger partial charge in [-0.1, -0.05) is 56.3 Å². The van der Waals surface area contributed by atoms with Gasteiger partial charge in [0.25, 0.3) is 0 Å². The van der Waals surface area contributed by atoms with Crippen LogP contribution in [0, 0.1) is 0 Å². The lowest BCUT2D eigenvalue weighted by atomic mass is 10.1. The summed E-state index contributed by atoms with van der Waals surface area (Å²) in [5, 5.41) is 3.11. The average molecular weight is 362 g/mol. The molecule has 3 aromatic rings. The van der Waals surface area contributed by atoms with Crippen LogP contribution in [0.2, 0.25) is 0 Å². The molecule has 0 bridgehead atoms. The van der Waals surface area contributed by atoms with Gasteiger partial charge in [0, 0.05) is 23.9 Å². The molecule has 0 spiro atoms. The standard InChI is InChI=1S/C20H20N4O.C2H6/c1-22-12-11-19(15-6-3-2-4-7-15)25-17-9-5-8-16(14-17)18-10-13-23-20(21)24-18;1-2/h2-11,13-14,22H,12H2,1H3,(H2,21,23,24);1-2H3/b19-11+;. The van der Waals surface area contributed by atoms with Crippen molar-refractivity contribution in [2.75, 3.05) is 19.3 Å². The van der Waals surface area contributed by atoms with Crippen molar-refractivity contribution in [2.45, 2.75) is 13.8 Å². The molecular formula is C22H26N4O. The van der Waals surface area contributed by atoms with Crippen LogP contribution in [-0.2, 0) is 0 Å². The maximum atomic E-state index is 6.14. The highest BCUT2D eigenvalue weighted by Gasteiger charge is 2.07. The maximum Gasteiger partial charge on any atom is 0.220 e. The number of aromatic nitrogens is 2. The predicted molar refractivity (Wildman–Crippen MR) is 112 cm³/mol. The maximum absolute atomic E-state index is 6.14. The first-order valence-electron chi connectivity index (χ1n) is 9.03. The third-order valence-electron chi connectivity index (χ3n) is 3.58. The molecule has 0 saturated carbocycles. The minimum Gasteiger partial charge on any atom is -0.457 e. The van der Waals surface area contributed by atoms with E-state index in [0.29, 0.717) is 6.54 Å². The van der Waals surface area contributed by atoms with E-state index in [1.807, 2.05) is 87.6 Å². The first kappa shape index (κ1) is 20.1. The van der Waals surface area contributed by atoms with Crippen LogP contribution in [-0.4, -0.2) is 23.6 Å². The van der Waals surface area contributed by atoms with Gasteiger partial charge in [-0.05, 0) is 31.3 Å². The summed E-state index contributed by atoms with van der Waals surface area (Å²) in [5.41, 5.74) is 8.38. The molecule has 0 amide bonds. The number of likely N-dealkylation sites (N-methyl/N-ethyl adjacent to an activating group) is 1. The molecule has 5 heteroatoms. The molecule has 1 aromatic heterocycles. The number of ether oxygens (including phenoxy) is 1. The number of anilines is 1. The van der Waals surface area contributed by atoms with E-state index in [1.165, 1.54) is 0 Å². The Morgan fingerprint density at radius 3 is 2.56 bits per heavy atom. The second kappa shape index (κ2) is 10.7. The smallest absolute Gasteiger partial charge is 0.220 e. The Hall–Kier alpha value is -3.18. The minimum absolute atomic E-state index is 0.253. The summed E-state index contributed by atoms with van der Waals surface area (Å²) in [6, 6.07) is 19.6. The Morgan fingerprint density at radius 1 is 1.07 bits per heavy atom. The van der Waals surface area contributed by atoms with Gasteiger partial charge < -0.3 is 15.8 Å². The monoisotopic (exact) mass is 362 g/mol. The molecule has 140 valence electrons. The van der Waals surface area contributed by atoms with Crippen molar-refractivity contribution in [3.05, 3.63) is 78.5 Å². The van der Waals surface area contributed by atoms with E-state index >= 15 is 0 Å². The Bertz CT molecular complexity index is 863. The summed E-state index contributed by atoms with van der Waals surface area (Å²) in [6.45, 7) is 4.71. The van der Waals surface area contributed by atoms with E-state index in [-0.39, 0.29) is 5.95 Å². The van der Waals surface area contributed by atoms with E-state index in [2.05, 4.69) is 15.3 Å². The summed E-state index contributed by atoms with van der Waals surface area (Å²) in [7, 11) is 1.90. The molecular weight excluding hydrogens is 336 g/mol. The van der Waals surface area contributed by atoms with Crippen LogP contribution in [0.4, 0.5) is 5.95 Å². The number of nitrogens with one attached hydrogen (secondary N) is 1. The fraction of sp³-hybridized carbons (Fsp3) is 0.182. The van der Waals surface area contributed by atoms with Crippen LogP contribution < -0.4 is 15.8 Å². The third kappa shape index (κ3) is 5.94. The molecule has 0 radical (unpaired) electrons. The molecule has 0 aliphatic carbocycles. The third-order valence-corrected chi connectivity index (χ3v) is 3.58. The van der Waals surface area contributed by atoms with Crippen LogP contribution in [0.25, 0.3) is 17.0 Å². The van der Waals surface area contributed by atoms with Gasteiger partial charge in [0.2, 0.25) is 5.95 Å². The zero-order chi connectivity index (χ0) is 19.5. The van der Waals surface area contributed by atoms with Gasteiger partial charge in [-0.25, -0.2) is 9.97 Å². The molecule has 27 heavy (non-hydrogen) atoms. The van der Waals surface area contributed by atoms with E-state index in [0.717, 1.165) is 28.3 Å². The number of benzene rings is 2. The molecule has 0 atom stereocenters. The van der Waals surface area contributed by atoms with E-state index in [4.69, 9.17) is 10.5 Å². The predicted octanol–water partition coefficient (Wildman–Crippen LogP) is 4.39. The lowest BCUT2D eigenvalue weighted by Crippen LogP contribution is -2.07. The molecule has 3 N–H and O–H groups in total. The Kier molecular flexibility index (Phi) is 8.00. The summed E-state index contributed by atoms with van der Waals surface area (Å²) < 4.78 is 6.14.